The molecule has 1 aromatic carbocycles. The van der Waals surface area contributed by atoms with Crippen LogP contribution in [0, 0.1) is 11.3 Å². The molecule has 0 saturated heterocycles. The van der Waals surface area contributed by atoms with Crippen LogP contribution in [-0.2, 0) is 30.7 Å². The summed E-state index contributed by atoms with van der Waals surface area (Å²) in [4.78, 5) is 15.4. The Kier molecular flexibility index (Phi) is 4.23. The summed E-state index contributed by atoms with van der Waals surface area (Å²) < 4.78 is 0. The van der Waals surface area contributed by atoms with E-state index in [1.54, 1.807) is 11.3 Å². The highest BCUT2D eigenvalue weighted by Gasteiger charge is 2.20. The van der Waals surface area contributed by atoms with Crippen LogP contribution >= 0.6 is 11.3 Å². The number of carbonyl (C=O) groups is 1. The zero-order valence-corrected chi connectivity index (χ0v) is 12.9. The molecule has 0 atom stereocenters. The second kappa shape index (κ2) is 6.30. The highest BCUT2D eigenvalue weighted by atomic mass is 32.1. The number of aliphatic carboxylic acids is 1. The molecule has 4 nitrogen and oxygen atoms in total. The number of thiophene rings is 1. The van der Waals surface area contributed by atoms with Gasteiger partial charge >= 0.3 is 5.97 Å². The largest absolute Gasteiger partial charge is 0.481 e. The van der Waals surface area contributed by atoms with Crippen LogP contribution in [0.1, 0.15) is 26.4 Å². The van der Waals surface area contributed by atoms with Gasteiger partial charge in [0.1, 0.15) is 0 Å². The van der Waals surface area contributed by atoms with Crippen molar-refractivity contribution in [2.75, 3.05) is 6.54 Å². The normalized spacial score (nSPS) is 14.3. The fourth-order valence-corrected chi connectivity index (χ4v) is 3.99. The molecule has 2 aromatic rings. The molecule has 1 aliphatic rings. The van der Waals surface area contributed by atoms with Crippen LogP contribution in [0.5, 0.6) is 0 Å². The van der Waals surface area contributed by atoms with Gasteiger partial charge in [-0.15, -0.1) is 11.3 Å². The zero-order chi connectivity index (χ0) is 15.5. The van der Waals surface area contributed by atoms with E-state index in [-0.39, 0.29) is 6.42 Å². The summed E-state index contributed by atoms with van der Waals surface area (Å²) in [6.45, 7) is 2.53. The maximum absolute atomic E-state index is 10.8. The smallest absolute Gasteiger partial charge is 0.308 e. The van der Waals surface area contributed by atoms with E-state index in [1.807, 2.05) is 30.3 Å². The van der Waals surface area contributed by atoms with Gasteiger partial charge in [-0.3, -0.25) is 9.69 Å². The van der Waals surface area contributed by atoms with Crippen molar-refractivity contribution in [1.82, 2.24) is 4.90 Å². The lowest BCUT2D eigenvalue weighted by Gasteiger charge is -2.27. The summed E-state index contributed by atoms with van der Waals surface area (Å²) in [7, 11) is 0. The molecule has 0 unspecified atom stereocenters. The van der Waals surface area contributed by atoms with Crippen molar-refractivity contribution in [2.24, 2.45) is 0 Å². The second-order valence-electron chi connectivity index (χ2n) is 5.46. The summed E-state index contributed by atoms with van der Waals surface area (Å²) in [5, 5.41) is 18.1. The van der Waals surface area contributed by atoms with Gasteiger partial charge in [0.2, 0.25) is 0 Å². The minimum Gasteiger partial charge on any atom is -0.481 e. The lowest BCUT2D eigenvalue weighted by Crippen LogP contribution is -2.29. The van der Waals surface area contributed by atoms with Crippen LogP contribution in [-0.4, -0.2) is 22.5 Å². The van der Waals surface area contributed by atoms with Gasteiger partial charge in [-0.1, -0.05) is 18.2 Å². The Balaban J connectivity index is 1.73. The quantitative estimate of drug-likeness (QED) is 0.943. The third-order valence-corrected chi connectivity index (χ3v) is 5.09. The van der Waals surface area contributed by atoms with E-state index in [9.17, 15) is 10.1 Å². The van der Waals surface area contributed by atoms with E-state index in [4.69, 9.17) is 5.11 Å². The minimum atomic E-state index is -0.779. The van der Waals surface area contributed by atoms with Gasteiger partial charge in [0.05, 0.1) is 18.1 Å². The van der Waals surface area contributed by atoms with Gasteiger partial charge < -0.3 is 5.11 Å². The van der Waals surface area contributed by atoms with Crippen molar-refractivity contribution < 1.29 is 9.90 Å². The summed E-state index contributed by atoms with van der Waals surface area (Å²) in [6.07, 6.45) is 1.06. The summed E-state index contributed by atoms with van der Waals surface area (Å²) >= 11 is 1.62. The van der Waals surface area contributed by atoms with Crippen molar-refractivity contribution in [2.45, 2.75) is 25.9 Å². The van der Waals surface area contributed by atoms with Crippen molar-refractivity contribution in [3.05, 3.63) is 56.8 Å². The summed E-state index contributed by atoms with van der Waals surface area (Å²) in [5.41, 5.74) is 3.02. The van der Waals surface area contributed by atoms with Crippen LogP contribution < -0.4 is 0 Å². The predicted molar refractivity (Wildman–Crippen MR) is 84.6 cm³/mol. The molecule has 0 radical (unpaired) electrons. The second-order valence-corrected chi connectivity index (χ2v) is 6.68. The molecule has 0 aliphatic carbocycles. The Morgan fingerprint density at radius 1 is 1.41 bits per heavy atom. The van der Waals surface area contributed by atoms with Crippen molar-refractivity contribution >= 4 is 17.3 Å². The highest BCUT2D eigenvalue weighted by Crippen LogP contribution is 2.29. The molecule has 3 rings (SSSR count). The molecule has 22 heavy (non-hydrogen) atoms. The minimum absolute atomic E-state index is 0.106. The number of fused-ring (bicyclic) bond motifs is 1. The number of carboxylic acids is 1. The molecule has 0 saturated carbocycles. The molecule has 1 aliphatic heterocycles. The molecule has 112 valence electrons. The van der Waals surface area contributed by atoms with E-state index in [2.05, 4.69) is 11.0 Å². The van der Waals surface area contributed by atoms with Crippen LogP contribution in [0.15, 0.2) is 30.3 Å². The Bertz CT molecular complexity index is 745. The standard InChI is InChI=1S/C17H16N2O2S/c18-9-12-3-1-2-4-13(12)10-19-6-5-16-14(11-19)7-15(22-16)8-17(20)21/h1-4,7H,5-6,8,10-11H2,(H,20,21). The fraction of sp³-hybridized carbons (Fsp3) is 0.294. The van der Waals surface area contributed by atoms with Crippen molar-refractivity contribution in [1.29, 1.82) is 5.26 Å². The van der Waals surface area contributed by atoms with Gasteiger partial charge in [-0.2, -0.15) is 5.26 Å². The molecule has 1 N–H and O–H groups in total. The molecule has 0 bridgehead atoms. The first-order valence-corrected chi connectivity index (χ1v) is 8.00. The Labute approximate surface area is 133 Å². The first kappa shape index (κ1) is 14.8. The van der Waals surface area contributed by atoms with Gasteiger partial charge in [0.25, 0.3) is 0 Å². The molecule has 0 amide bonds. The first-order chi connectivity index (χ1) is 10.7. The van der Waals surface area contributed by atoms with Crippen LogP contribution in [0.2, 0.25) is 0 Å². The average molecular weight is 312 g/mol. The van der Waals surface area contributed by atoms with Crippen LogP contribution in [0.4, 0.5) is 0 Å². The lowest BCUT2D eigenvalue weighted by atomic mass is 10.0. The average Bonchev–Trinajstić information content (AvgIpc) is 2.88. The number of hydrogen-bond donors (Lipinski definition) is 1. The molecule has 0 spiro atoms. The number of nitriles is 1. The molecule has 1 aromatic heterocycles. The van der Waals surface area contributed by atoms with E-state index in [1.165, 1.54) is 10.4 Å². The van der Waals surface area contributed by atoms with Crippen molar-refractivity contribution in [3.63, 3.8) is 0 Å². The molecule has 2 heterocycles. The number of nitrogens with zero attached hydrogens (tertiary/aromatic N) is 2. The monoisotopic (exact) mass is 312 g/mol. The van der Waals surface area contributed by atoms with E-state index >= 15 is 0 Å². The fourth-order valence-electron chi connectivity index (χ4n) is 2.83. The molecular formula is C17H16N2O2S. The maximum atomic E-state index is 10.8. The predicted octanol–water partition coefficient (Wildman–Crippen LogP) is 2.81. The SMILES string of the molecule is N#Cc1ccccc1CN1CCc2sc(CC(=O)O)cc2C1. The third kappa shape index (κ3) is 3.19. The molecular weight excluding hydrogens is 296 g/mol. The molecule has 0 fully saturated rings. The maximum Gasteiger partial charge on any atom is 0.308 e. The van der Waals surface area contributed by atoms with Crippen LogP contribution in [0.3, 0.4) is 0 Å². The van der Waals surface area contributed by atoms with Gasteiger partial charge in [-0.25, -0.2) is 0 Å². The van der Waals surface area contributed by atoms with Gasteiger partial charge in [0.15, 0.2) is 0 Å². The Morgan fingerprint density at radius 2 is 2.23 bits per heavy atom. The molecule has 5 heteroatoms. The van der Waals surface area contributed by atoms with Crippen molar-refractivity contribution in [3.8, 4) is 6.07 Å². The van der Waals surface area contributed by atoms with E-state index < -0.39 is 5.97 Å². The zero-order valence-electron chi connectivity index (χ0n) is 12.1. The Morgan fingerprint density at radius 3 is 3.00 bits per heavy atom. The Hall–Kier alpha value is -2.16. The number of hydrogen-bond acceptors (Lipinski definition) is 4. The van der Waals surface area contributed by atoms with E-state index in [0.29, 0.717) is 0 Å². The van der Waals surface area contributed by atoms with Gasteiger partial charge in [0, 0.05) is 29.4 Å². The van der Waals surface area contributed by atoms with E-state index in [0.717, 1.165) is 42.1 Å². The summed E-state index contributed by atoms with van der Waals surface area (Å²) in [6, 6.07) is 12.0. The topological polar surface area (TPSA) is 64.3 Å². The third-order valence-electron chi connectivity index (χ3n) is 3.85. The summed E-state index contributed by atoms with van der Waals surface area (Å²) in [5.74, 6) is -0.779. The van der Waals surface area contributed by atoms with Crippen LogP contribution in [0.25, 0.3) is 0 Å². The number of rotatable bonds is 4. The number of carboxylic acid groups (broad SMARTS) is 1. The first-order valence-electron chi connectivity index (χ1n) is 7.18. The number of benzene rings is 1. The highest BCUT2D eigenvalue weighted by molar-refractivity contribution is 7.12. The lowest BCUT2D eigenvalue weighted by molar-refractivity contribution is -0.136. The van der Waals surface area contributed by atoms with Gasteiger partial charge in [-0.05, 0) is 29.7 Å².